The quantitative estimate of drug-likeness (QED) is 0.866. The fourth-order valence-electron chi connectivity index (χ4n) is 1.34. The first-order chi connectivity index (χ1) is 7.68. The molecule has 0 atom stereocenters. The molecular weight excluding hydrogens is 226 g/mol. The second-order valence-electron chi connectivity index (χ2n) is 3.14. The predicted molar refractivity (Wildman–Crippen MR) is 60.5 cm³/mol. The first-order valence-electron chi connectivity index (χ1n) is 4.54. The molecule has 0 bridgehead atoms. The van der Waals surface area contributed by atoms with E-state index in [4.69, 9.17) is 16.7 Å². The van der Waals surface area contributed by atoms with Gasteiger partial charge in [-0.3, -0.25) is 4.98 Å². The van der Waals surface area contributed by atoms with Crippen molar-refractivity contribution in [3.63, 3.8) is 0 Å². The van der Waals surface area contributed by atoms with Crippen LogP contribution in [0.25, 0.3) is 11.3 Å². The molecule has 0 saturated heterocycles. The van der Waals surface area contributed by atoms with Crippen LogP contribution < -0.4 is 0 Å². The highest BCUT2D eigenvalue weighted by Gasteiger charge is 2.08. The van der Waals surface area contributed by atoms with Crippen molar-refractivity contribution in [2.24, 2.45) is 0 Å². The third-order valence-electron chi connectivity index (χ3n) is 2.11. The van der Waals surface area contributed by atoms with Gasteiger partial charge in [-0.2, -0.15) is 0 Å². The van der Waals surface area contributed by atoms with E-state index in [0.717, 1.165) is 0 Å². The highest BCUT2D eigenvalue weighted by molar-refractivity contribution is 6.33. The lowest BCUT2D eigenvalue weighted by Gasteiger charge is -2.04. The number of hydrogen-bond acceptors (Lipinski definition) is 2. The topological polar surface area (TPSA) is 50.2 Å². The minimum absolute atomic E-state index is 0.163. The third kappa shape index (κ3) is 2.04. The summed E-state index contributed by atoms with van der Waals surface area (Å²) in [6, 6.07) is 10.9. The van der Waals surface area contributed by atoms with Gasteiger partial charge in [0.1, 0.15) is 0 Å². The normalized spacial score (nSPS) is 10.1. The van der Waals surface area contributed by atoms with Gasteiger partial charge >= 0.3 is 5.97 Å². The first kappa shape index (κ1) is 10.6. The Kier molecular flexibility index (Phi) is 2.88. The van der Waals surface area contributed by atoms with E-state index in [9.17, 15) is 4.79 Å². The molecule has 0 spiro atoms. The van der Waals surface area contributed by atoms with Gasteiger partial charge in [-0.25, -0.2) is 4.79 Å². The molecule has 0 saturated carbocycles. The van der Waals surface area contributed by atoms with Crippen LogP contribution in [0.2, 0.25) is 5.02 Å². The molecule has 4 heteroatoms. The van der Waals surface area contributed by atoms with E-state index in [1.807, 2.05) is 0 Å². The molecule has 79 valence electrons. The Balaban J connectivity index is 2.48. The van der Waals surface area contributed by atoms with Crippen molar-refractivity contribution < 1.29 is 9.90 Å². The van der Waals surface area contributed by atoms with Crippen molar-refractivity contribution in [3.8, 4) is 11.3 Å². The number of carboxylic acids is 1. The second-order valence-corrected chi connectivity index (χ2v) is 3.55. The van der Waals surface area contributed by atoms with Gasteiger partial charge in [0.25, 0.3) is 0 Å². The summed E-state index contributed by atoms with van der Waals surface area (Å²) in [5.41, 5.74) is 1.57. The van der Waals surface area contributed by atoms with E-state index in [-0.39, 0.29) is 5.56 Å². The van der Waals surface area contributed by atoms with Crippen LogP contribution in [0.5, 0.6) is 0 Å². The number of carbonyl (C=O) groups is 1. The molecule has 0 fully saturated rings. The highest BCUT2D eigenvalue weighted by Crippen LogP contribution is 2.26. The van der Waals surface area contributed by atoms with Crippen LogP contribution in [0.4, 0.5) is 0 Å². The summed E-state index contributed by atoms with van der Waals surface area (Å²) in [5.74, 6) is -0.997. The summed E-state index contributed by atoms with van der Waals surface area (Å²) >= 11 is 5.99. The lowest BCUT2D eigenvalue weighted by molar-refractivity contribution is 0.0697. The molecule has 0 aliphatic carbocycles. The number of benzene rings is 1. The highest BCUT2D eigenvalue weighted by atomic mass is 35.5. The Morgan fingerprint density at radius 2 is 2.19 bits per heavy atom. The molecule has 1 heterocycles. The number of carboxylic acid groups (broad SMARTS) is 1. The zero-order valence-electron chi connectivity index (χ0n) is 8.14. The van der Waals surface area contributed by atoms with Crippen LogP contribution in [-0.2, 0) is 0 Å². The Labute approximate surface area is 97.3 Å². The number of aromatic nitrogens is 1. The zero-order chi connectivity index (χ0) is 11.5. The molecule has 0 amide bonds. The van der Waals surface area contributed by atoms with Crippen molar-refractivity contribution in [1.82, 2.24) is 4.98 Å². The van der Waals surface area contributed by atoms with Crippen molar-refractivity contribution >= 4 is 17.6 Å². The average molecular weight is 233 g/mol. The van der Waals surface area contributed by atoms with E-state index in [0.29, 0.717) is 16.3 Å². The van der Waals surface area contributed by atoms with Gasteiger partial charge in [-0.1, -0.05) is 23.7 Å². The SMILES string of the molecule is O=C(O)c1ccc(-c2cc[c]cn2)c(Cl)c1. The summed E-state index contributed by atoms with van der Waals surface area (Å²) < 4.78 is 0. The molecule has 2 aromatic rings. The van der Waals surface area contributed by atoms with Crippen LogP contribution in [0.1, 0.15) is 10.4 Å². The van der Waals surface area contributed by atoms with Crippen LogP contribution in [-0.4, -0.2) is 16.1 Å². The maximum atomic E-state index is 10.7. The predicted octanol–water partition coefficient (Wildman–Crippen LogP) is 2.90. The molecule has 1 radical (unpaired) electrons. The fraction of sp³-hybridized carbons (Fsp3) is 0. The molecular formula is C12H7ClNO2. The first-order valence-corrected chi connectivity index (χ1v) is 4.91. The van der Waals surface area contributed by atoms with Gasteiger partial charge in [0.05, 0.1) is 16.3 Å². The minimum atomic E-state index is -0.997. The number of hydrogen-bond donors (Lipinski definition) is 1. The van der Waals surface area contributed by atoms with Crippen LogP contribution in [0, 0.1) is 6.07 Å². The molecule has 1 aromatic heterocycles. The summed E-state index contributed by atoms with van der Waals surface area (Å²) in [7, 11) is 0. The lowest BCUT2D eigenvalue weighted by Crippen LogP contribution is -1.96. The Morgan fingerprint density at radius 3 is 2.75 bits per heavy atom. The summed E-state index contributed by atoms with van der Waals surface area (Å²) in [4.78, 5) is 14.8. The van der Waals surface area contributed by atoms with Gasteiger partial charge in [0.2, 0.25) is 0 Å². The maximum Gasteiger partial charge on any atom is 0.335 e. The average Bonchev–Trinajstić information content (AvgIpc) is 2.30. The standard InChI is InChI=1S/C12H7ClNO2/c13-10-7-8(12(15)16)4-5-9(10)11-3-1-2-6-14-11/h1,3-7H,(H,15,16). The molecule has 0 aliphatic heterocycles. The van der Waals surface area contributed by atoms with Crippen molar-refractivity contribution in [3.05, 3.63) is 53.2 Å². The van der Waals surface area contributed by atoms with Crippen LogP contribution in [0.15, 0.2) is 36.5 Å². The number of rotatable bonds is 2. The molecule has 0 unspecified atom stereocenters. The molecule has 0 aliphatic rings. The zero-order valence-corrected chi connectivity index (χ0v) is 8.90. The molecule has 1 aromatic carbocycles. The monoisotopic (exact) mass is 232 g/mol. The molecule has 2 rings (SSSR count). The molecule has 1 N–H and O–H groups in total. The fourth-order valence-corrected chi connectivity index (χ4v) is 1.61. The van der Waals surface area contributed by atoms with Gasteiger partial charge in [0.15, 0.2) is 0 Å². The number of nitrogens with zero attached hydrogens (tertiary/aromatic N) is 1. The minimum Gasteiger partial charge on any atom is -0.478 e. The van der Waals surface area contributed by atoms with Crippen LogP contribution >= 0.6 is 11.6 Å². The van der Waals surface area contributed by atoms with Gasteiger partial charge < -0.3 is 5.11 Å². The van der Waals surface area contributed by atoms with Gasteiger partial charge in [0, 0.05) is 17.8 Å². The Bertz CT molecular complexity index is 526. The van der Waals surface area contributed by atoms with E-state index in [1.54, 1.807) is 18.2 Å². The summed E-state index contributed by atoms with van der Waals surface area (Å²) in [5, 5.41) is 9.17. The van der Waals surface area contributed by atoms with Gasteiger partial charge in [-0.15, -0.1) is 0 Å². The smallest absolute Gasteiger partial charge is 0.335 e. The van der Waals surface area contributed by atoms with E-state index < -0.39 is 5.97 Å². The Hall–Kier alpha value is -1.87. The van der Waals surface area contributed by atoms with E-state index in [1.165, 1.54) is 18.3 Å². The summed E-state index contributed by atoms with van der Waals surface area (Å²) in [6.07, 6.45) is 1.54. The van der Waals surface area contributed by atoms with E-state index in [2.05, 4.69) is 11.1 Å². The number of halogens is 1. The number of pyridine rings is 1. The van der Waals surface area contributed by atoms with Crippen molar-refractivity contribution in [2.45, 2.75) is 0 Å². The van der Waals surface area contributed by atoms with E-state index >= 15 is 0 Å². The maximum absolute atomic E-state index is 10.7. The van der Waals surface area contributed by atoms with Crippen LogP contribution in [0.3, 0.4) is 0 Å². The Morgan fingerprint density at radius 1 is 1.38 bits per heavy atom. The van der Waals surface area contributed by atoms with Crippen molar-refractivity contribution in [2.75, 3.05) is 0 Å². The number of aromatic carboxylic acids is 1. The second kappa shape index (κ2) is 4.33. The lowest BCUT2D eigenvalue weighted by atomic mass is 10.1. The molecule has 16 heavy (non-hydrogen) atoms. The van der Waals surface area contributed by atoms with Crippen molar-refractivity contribution in [1.29, 1.82) is 0 Å². The van der Waals surface area contributed by atoms with Gasteiger partial charge in [-0.05, 0) is 18.2 Å². The molecule has 3 nitrogen and oxygen atoms in total. The third-order valence-corrected chi connectivity index (χ3v) is 2.42. The summed E-state index contributed by atoms with van der Waals surface area (Å²) in [6.45, 7) is 0. The largest absolute Gasteiger partial charge is 0.478 e.